The summed E-state index contributed by atoms with van der Waals surface area (Å²) in [5, 5.41) is 7.79. The van der Waals surface area contributed by atoms with Crippen molar-refractivity contribution in [1.29, 1.82) is 0 Å². The van der Waals surface area contributed by atoms with Crippen LogP contribution in [0, 0.1) is 0 Å². The molecule has 9 aromatic carbocycles. The Labute approximate surface area is 327 Å². The van der Waals surface area contributed by atoms with Gasteiger partial charge < -0.3 is 4.90 Å². The fourth-order valence-corrected chi connectivity index (χ4v) is 10.5. The monoisotopic (exact) mass is 735 g/mol. The lowest BCUT2D eigenvalue weighted by atomic mass is 9.95. The average molecular weight is 736 g/mol. The molecular weight excluding hydrogens is 703 g/mol. The van der Waals surface area contributed by atoms with Crippen LogP contribution >= 0.6 is 22.7 Å². The minimum atomic E-state index is 1.12. The fourth-order valence-electron chi connectivity index (χ4n) is 8.27. The molecule has 0 aliphatic heterocycles. The zero-order valence-corrected chi connectivity index (χ0v) is 31.4. The van der Waals surface area contributed by atoms with E-state index in [9.17, 15) is 0 Å². The van der Waals surface area contributed by atoms with E-state index in [2.05, 4.69) is 205 Å². The Morgan fingerprint density at radius 3 is 1.73 bits per heavy atom. The highest BCUT2D eigenvalue weighted by molar-refractivity contribution is 7.26. The topological polar surface area (TPSA) is 3.24 Å². The lowest BCUT2D eigenvalue weighted by molar-refractivity contribution is 1.29. The molecule has 11 aromatic rings. The van der Waals surface area contributed by atoms with Crippen molar-refractivity contribution >= 4 is 90.9 Å². The third-order valence-electron chi connectivity index (χ3n) is 10.9. The van der Waals surface area contributed by atoms with Gasteiger partial charge in [0.15, 0.2) is 0 Å². The summed E-state index contributed by atoms with van der Waals surface area (Å²) < 4.78 is 5.25. The van der Waals surface area contributed by atoms with Gasteiger partial charge in [-0.15, -0.1) is 22.7 Å². The highest BCUT2D eigenvalue weighted by atomic mass is 32.1. The molecule has 0 amide bonds. The van der Waals surface area contributed by atoms with E-state index in [0.29, 0.717) is 0 Å². The molecule has 0 radical (unpaired) electrons. The molecule has 0 N–H and O–H groups in total. The molecule has 0 fully saturated rings. The summed E-state index contributed by atoms with van der Waals surface area (Å²) in [6, 6.07) is 73.4. The number of anilines is 3. The summed E-state index contributed by atoms with van der Waals surface area (Å²) in [6.07, 6.45) is 0. The average Bonchev–Trinajstić information content (AvgIpc) is 3.82. The van der Waals surface area contributed by atoms with Crippen LogP contribution in [0.2, 0.25) is 0 Å². The van der Waals surface area contributed by atoms with Gasteiger partial charge in [-0.2, -0.15) is 0 Å². The first-order valence-electron chi connectivity index (χ1n) is 18.7. The Balaban J connectivity index is 1.04. The molecule has 0 unspecified atom stereocenters. The normalized spacial score (nSPS) is 11.6. The Hall–Kier alpha value is -6.52. The maximum Gasteiger partial charge on any atom is 0.0476 e. The van der Waals surface area contributed by atoms with E-state index in [-0.39, 0.29) is 0 Å². The second-order valence-electron chi connectivity index (χ2n) is 14.1. The first-order chi connectivity index (χ1) is 27.2. The van der Waals surface area contributed by atoms with Crippen LogP contribution in [0.15, 0.2) is 200 Å². The fraction of sp³-hybridized carbons (Fsp3) is 0. The van der Waals surface area contributed by atoms with Crippen LogP contribution in [0.1, 0.15) is 0 Å². The lowest BCUT2D eigenvalue weighted by Gasteiger charge is -2.26. The first kappa shape index (κ1) is 32.0. The third-order valence-corrected chi connectivity index (χ3v) is 13.1. The van der Waals surface area contributed by atoms with Crippen molar-refractivity contribution in [1.82, 2.24) is 0 Å². The predicted molar refractivity (Wildman–Crippen MR) is 241 cm³/mol. The lowest BCUT2D eigenvalue weighted by Crippen LogP contribution is -2.10. The maximum atomic E-state index is 2.41. The molecule has 0 spiro atoms. The van der Waals surface area contributed by atoms with Crippen molar-refractivity contribution in [3.8, 4) is 33.4 Å². The van der Waals surface area contributed by atoms with Gasteiger partial charge in [0.2, 0.25) is 0 Å². The minimum Gasteiger partial charge on any atom is -0.310 e. The number of fused-ring (bicyclic) bond motifs is 7. The Bertz CT molecular complexity index is 3220. The number of thiophene rings is 2. The number of rotatable bonds is 6. The van der Waals surface area contributed by atoms with Gasteiger partial charge >= 0.3 is 0 Å². The Kier molecular flexibility index (Phi) is 7.61. The Morgan fingerprint density at radius 1 is 0.291 bits per heavy atom. The summed E-state index contributed by atoms with van der Waals surface area (Å²) >= 11 is 3.73. The van der Waals surface area contributed by atoms with Crippen LogP contribution < -0.4 is 4.90 Å². The summed E-state index contributed by atoms with van der Waals surface area (Å²) in [7, 11) is 0. The molecule has 0 aliphatic carbocycles. The smallest absolute Gasteiger partial charge is 0.0476 e. The predicted octanol–water partition coefficient (Wildman–Crippen LogP) is 16.0. The number of hydrogen-bond acceptors (Lipinski definition) is 3. The van der Waals surface area contributed by atoms with E-state index in [4.69, 9.17) is 0 Å². The van der Waals surface area contributed by atoms with Gasteiger partial charge in [0.1, 0.15) is 0 Å². The zero-order chi connectivity index (χ0) is 36.3. The van der Waals surface area contributed by atoms with E-state index in [0.717, 1.165) is 17.1 Å². The molecule has 258 valence electrons. The van der Waals surface area contributed by atoms with Gasteiger partial charge in [0.05, 0.1) is 0 Å². The number of benzene rings is 9. The quantitative estimate of drug-likeness (QED) is 0.164. The minimum absolute atomic E-state index is 1.12. The molecule has 0 saturated heterocycles. The summed E-state index contributed by atoms with van der Waals surface area (Å²) in [6.45, 7) is 0. The van der Waals surface area contributed by atoms with Crippen molar-refractivity contribution in [3.63, 3.8) is 0 Å². The first-order valence-corrected chi connectivity index (χ1v) is 20.3. The second kappa shape index (κ2) is 13.1. The molecule has 2 aromatic heterocycles. The van der Waals surface area contributed by atoms with E-state index in [1.54, 1.807) is 0 Å². The number of hydrogen-bond donors (Lipinski definition) is 0. The largest absolute Gasteiger partial charge is 0.310 e. The van der Waals surface area contributed by atoms with Crippen molar-refractivity contribution in [3.05, 3.63) is 200 Å². The van der Waals surface area contributed by atoms with Gasteiger partial charge in [0, 0.05) is 57.4 Å². The standard InChI is InChI=1S/C52H33NS2/c1-2-17-42-34(11-1)12-9-20-43(42)38-15-7-13-36(31-38)37-14-8-16-40(32-37)53(41-29-30-46-45-18-3-5-22-48(45)55-51(46)33-41)39-27-25-35(26-28-39)44-21-10-24-50-52(44)47-19-4-6-23-49(47)54-50/h1-33H. The van der Waals surface area contributed by atoms with E-state index in [1.165, 1.54) is 84.5 Å². The van der Waals surface area contributed by atoms with Crippen LogP contribution in [-0.2, 0) is 0 Å². The van der Waals surface area contributed by atoms with E-state index in [1.807, 2.05) is 22.7 Å². The molecule has 1 nitrogen and oxygen atoms in total. The molecule has 0 atom stereocenters. The van der Waals surface area contributed by atoms with E-state index < -0.39 is 0 Å². The van der Waals surface area contributed by atoms with Gasteiger partial charge in [-0.1, -0.05) is 140 Å². The van der Waals surface area contributed by atoms with Crippen LogP contribution in [0.25, 0.3) is 84.5 Å². The van der Waals surface area contributed by atoms with Crippen molar-refractivity contribution in [2.24, 2.45) is 0 Å². The molecule has 0 bridgehead atoms. The molecular formula is C52H33NS2. The molecule has 2 heterocycles. The SMILES string of the molecule is c1cc(-c2cccc(N(c3ccc(-c4cccc5sc6ccccc6c45)cc3)c3ccc4c(c3)sc3ccccc34)c2)cc(-c2cccc3ccccc23)c1. The molecule has 0 saturated carbocycles. The van der Waals surface area contributed by atoms with Gasteiger partial charge in [-0.3, -0.25) is 0 Å². The molecule has 3 heteroatoms. The second-order valence-corrected chi connectivity index (χ2v) is 16.3. The number of nitrogens with zero attached hydrogens (tertiary/aromatic N) is 1. The van der Waals surface area contributed by atoms with Crippen LogP contribution in [-0.4, -0.2) is 0 Å². The van der Waals surface area contributed by atoms with Crippen LogP contribution in [0.4, 0.5) is 17.1 Å². The summed E-state index contributed by atoms with van der Waals surface area (Å²) in [4.78, 5) is 2.41. The van der Waals surface area contributed by atoms with Crippen molar-refractivity contribution in [2.75, 3.05) is 4.90 Å². The third kappa shape index (κ3) is 5.51. The maximum absolute atomic E-state index is 2.41. The zero-order valence-electron chi connectivity index (χ0n) is 29.8. The highest BCUT2D eigenvalue weighted by Gasteiger charge is 2.17. The van der Waals surface area contributed by atoms with Crippen molar-refractivity contribution < 1.29 is 0 Å². The van der Waals surface area contributed by atoms with E-state index >= 15 is 0 Å². The van der Waals surface area contributed by atoms with Gasteiger partial charge in [0.25, 0.3) is 0 Å². The van der Waals surface area contributed by atoms with Crippen molar-refractivity contribution in [2.45, 2.75) is 0 Å². The molecule has 11 rings (SSSR count). The van der Waals surface area contributed by atoms with Crippen LogP contribution in [0.3, 0.4) is 0 Å². The van der Waals surface area contributed by atoms with Crippen LogP contribution in [0.5, 0.6) is 0 Å². The summed E-state index contributed by atoms with van der Waals surface area (Å²) in [5.41, 5.74) is 10.7. The summed E-state index contributed by atoms with van der Waals surface area (Å²) in [5.74, 6) is 0. The highest BCUT2D eigenvalue weighted by Crippen LogP contribution is 2.44. The molecule has 55 heavy (non-hydrogen) atoms. The Morgan fingerprint density at radius 2 is 0.855 bits per heavy atom. The molecule has 0 aliphatic rings. The van der Waals surface area contributed by atoms with Gasteiger partial charge in [-0.25, -0.2) is 0 Å². The van der Waals surface area contributed by atoms with Gasteiger partial charge in [-0.05, 0) is 105 Å².